The molecule has 1 aromatic heterocycles. The van der Waals surface area contributed by atoms with Crippen LogP contribution in [-0.4, -0.2) is 56.4 Å². The minimum atomic E-state index is -1.38. The molecule has 0 spiro atoms. The number of carbonyl (C=O) groups is 4. The van der Waals surface area contributed by atoms with Crippen molar-refractivity contribution in [3.05, 3.63) is 47.5 Å². The lowest BCUT2D eigenvalue weighted by atomic mass is 9.79. The molecule has 11 nitrogen and oxygen atoms in total. The zero-order valence-electron chi connectivity index (χ0n) is 25.1. The first kappa shape index (κ1) is 32.6. The molecule has 0 unspecified atom stereocenters. The summed E-state index contributed by atoms with van der Waals surface area (Å²) in [5.41, 5.74) is -0.304. The number of nitrogens with one attached hydrogen (secondary N) is 3. The summed E-state index contributed by atoms with van der Waals surface area (Å²) in [6, 6.07) is 3.27. The number of rotatable bonds is 10. The maximum atomic E-state index is 15.3. The average molecular weight is 588 g/mol. The standard InChI is InChI=1S/C30H42FN5O6/c1-7-36-23(14-15-32-36)26(37)34-25(19-10-8-17(2)9-11-19)27(38)33-22-13-12-20(16-21(22)31)18(3)24(28(39)40)35-29(41)42-30(4,5)6/h12-19,24-25H,7-11H2,1-6H3,(H,33,38)(H,34,37)(H,35,41)(H,39,40)/t17?,18-,19?,24+,25-/m0/s1. The van der Waals surface area contributed by atoms with Crippen LogP contribution < -0.4 is 16.0 Å². The summed E-state index contributed by atoms with van der Waals surface area (Å²) in [6.45, 7) is 11.0. The molecule has 0 bridgehead atoms. The second-order valence-electron chi connectivity index (χ2n) is 12.0. The fraction of sp³-hybridized carbons (Fsp3) is 0.567. The Morgan fingerprint density at radius 2 is 1.79 bits per heavy atom. The Morgan fingerprint density at radius 3 is 2.36 bits per heavy atom. The minimum Gasteiger partial charge on any atom is -0.480 e. The van der Waals surface area contributed by atoms with Gasteiger partial charge in [0.1, 0.15) is 29.2 Å². The highest BCUT2D eigenvalue weighted by molar-refractivity contribution is 6.00. The highest BCUT2D eigenvalue weighted by Crippen LogP contribution is 2.32. The number of aliphatic carboxylic acids is 1. The maximum Gasteiger partial charge on any atom is 0.408 e. The Bertz CT molecular complexity index is 1280. The third kappa shape index (κ3) is 8.53. The van der Waals surface area contributed by atoms with Gasteiger partial charge in [0, 0.05) is 18.7 Å². The lowest BCUT2D eigenvalue weighted by molar-refractivity contribution is -0.140. The fourth-order valence-corrected chi connectivity index (χ4v) is 5.16. The largest absolute Gasteiger partial charge is 0.480 e. The highest BCUT2D eigenvalue weighted by Gasteiger charge is 2.34. The van der Waals surface area contributed by atoms with E-state index >= 15 is 4.39 Å². The fourth-order valence-electron chi connectivity index (χ4n) is 5.16. The summed E-state index contributed by atoms with van der Waals surface area (Å²) >= 11 is 0. The molecule has 12 heteroatoms. The molecule has 1 fully saturated rings. The number of alkyl carbamates (subject to hydrolysis) is 1. The zero-order valence-corrected chi connectivity index (χ0v) is 25.1. The number of ether oxygens (including phenoxy) is 1. The van der Waals surface area contributed by atoms with Gasteiger partial charge in [-0.05, 0) is 76.1 Å². The van der Waals surface area contributed by atoms with E-state index in [1.165, 1.54) is 23.0 Å². The van der Waals surface area contributed by atoms with E-state index in [0.29, 0.717) is 23.7 Å². The van der Waals surface area contributed by atoms with Crippen LogP contribution in [0.4, 0.5) is 14.9 Å². The highest BCUT2D eigenvalue weighted by atomic mass is 19.1. The Balaban J connectivity index is 1.78. The van der Waals surface area contributed by atoms with Crippen molar-refractivity contribution in [2.45, 2.75) is 97.4 Å². The molecule has 42 heavy (non-hydrogen) atoms. The molecule has 1 saturated carbocycles. The molecule has 0 saturated heterocycles. The number of aromatic nitrogens is 2. The van der Waals surface area contributed by atoms with Crippen LogP contribution in [0, 0.1) is 17.7 Å². The smallest absolute Gasteiger partial charge is 0.408 e. The normalized spacial score (nSPS) is 19.2. The molecule has 1 aromatic carbocycles. The summed E-state index contributed by atoms with van der Waals surface area (Å²) in [5.74, 6) is -3.49. The van der Waals surface area contributed by atoms with E-state index in [2.05, 4.69) is 28.0 Å². The Hall–Kier alpha value is -3.96. The second kappa shape index (κ2) is 13.8. The van der Waals surface area contributed by atoms with Gasteiger partial charge in [-0.15, -0.1) is 0 Å². The van der Waals surface area contributed by atoms with Gasteiger partial charge < -0.3 is 25.8 Å². The number of carboxylic acid groups (broad SMARTS) is 1. The molecule has 230 valence electrons. The molecular weight excluding hydrogens is 545 g/mol. The predicted octanol–water partition coefficient (Wildman–Crippen LogP) is 4.69. The number of carbonyl (C=O) groups excluding carboxylic acids is 3. The topological polar surface area (TPSA) is 152 Å². The zero-order chi connectivity index (χ0) is 31.2. The Labute approximate surface area is 245 Å². The van der Waals surface area contributed by atoms with Gasteiger partial charge >= 0.3 is 12.1 Å². The molecule has 1 aliphatic carbocycles. The van der Waals surface area contributed by atoms with Crippen molar-refractivity contribution in [3.63, 3.8) is 0 Å². The number of aryl methyl sites for hydroxylation is 1. The number of benzene rings is 1. The first-order valence-corrected chi connectivity index (χ1v) is 14.4. The van der Waals surface area contributed by atoms with Crippen molar-refractivity contribution in [3.8, 4) is 0 Å². The van der Waals surface area contributed by atoms with E-state index in [9.17, 15) is 24.3 Å². The summed E-state index contributed by atoms with van der Waals surface area (Å²) in [4.78, 5) is 50.7. The molecule has 3 rings (SSSR count). The monoisotopic (exact) mass is 587 g/mol. The van der Waals surface area contributed by atoms with Crippen LogP contribution in [-0.2, 0) is 20.9 Å². The molecule has 3 amide bonds. The van der Waals surface area contributed by atoms with Crippen LogP contribution in [0.2, 0.25) is 0 Å². The van der Waals surface area contributed by atoms with E-state index in [1.807, 2.05) is 6.92 Å². The van der Waals surface area contributed by atoms with Gasteiger partial charge in [0.25, 0.3) is 5.91 Å². The van der Waals surface area contributed by atoms with Crippen LogP contribution >= 0.6 is 0 Å². The van der Waals surface area contributed by atoms with Crippen molar-refractivity contribution in [2.24, 2.45) is 11.8 Å². The molecule has 2 aromatic rings. The van der Waals surface area contributed by atoms with Crippen LogP contribution in [0.3, 0.4) is 0 Å². The van der Waals surface area contributed by atoms with Crippen molar-refractivity contribution in [1.29, 1.82) is 0 Å². The molecule has 3 atom stereocenters. The molecule has 4 N–H and O–H groups in total. The van der Waals surface area contributed by atoms with E-state index in [4.69, 9.17) is 4.74 Å². The first-order chi connectivity index (χ1) is 19.7. The third-order valence-corrected chi connectivity index (χ3v) is 7.56. The van der Waals surface area contributed by atoms with Crippen LogP contribution in [0.15, 0.2) is 30.5 Å². The van der Waals surface area contributed by atoms with Gasteiger partial charge in [0.15, 0.2) is 0 Å². The molecule has 1 heterocycles. The van der Waals surface area contributed by atoms with Crippen molar-refractivity contribution in [1.82, 2.24) is 20.4 Å². The summed E-state index contributed by atoms with van der Waals surface area (Å²) in [5, 5.41) is 21.6. The molecule has 1 aliphatic rings. The van der Waals surface area contributed by atoms with Crippen LogP contribution in [0.5, 0.6) is 0 Å². The number of nitrogens with zero attached hydrogens (tertiary/aromatic N) is 2. The number of carboxylic acids is 1. The lowest BCUT2D eigenvalue weighted by Gasteiger charge is -2.32. The summed E-state index contributed by atoms with van der Waals surface area (Å²) in [6.07, 6.45) is 3.93. The number of anilines is 1. The van der Waals surface area contributed by atoms with Crippen molar-refractivity contribution < 1.29 is 33.4 Å². The quantitative estimate of drug-likeness (QED) is 0.315. The van der Waals surface area contributed by atoms with Crippen LogP contribution in [0.1, 0.15) is 89.2 Å². The van der Waals surface area contributed by atoms with Gasteiger partial charge in [-0.2, -0.15) is 5.10 Å². The summed E-state index contributed by atoms with van der Waals surface area (Å²) < 4.78 is 22.0. The SMILES string of the molecule is CCn1nccc1C(=O)N[C@H](C(=O)Nc1ccc([C@H](C)[C@@H](NC(=O)OC(C)(C)C)C(=O)O)cc1F)C1CCC(C)CC1. The number of halogens is 1. The number of amides is 3. The average Bonchev–Trinajstić information content (AvgIpc) is 3.39. The molecule has 0 aliphatic heterocycles. The van der Waals surface area contributed by atoms with E-state index in [1.54, 1.807) is 33.8 Å². The first-order valence-electron chi connectivity index (χ1n) is 14.4. The van der Waals surface area contributed by atoms with Gasteiger partial charge in [0.2, 0.25) is 5.91 Å². The van der Waals surface area contributed by atoms with E-state index in [-0.39, 0.29) is 11.6 Å². The van der Waals surface area contributed by atoms with Crippen molar-refractivity contribution >= 4 is 29.6 Å². The molecule has 0 radical (unpaired) electrons. The van der Waals surface area contributed by atoms with E-state index < -0.39 is 53.3 Å². The maximum absolute atomic E-state index is 15.3. The van der Waals surface area contributed by atoms with Gasteiger partial charge in [-0.3, -0.25) is 14.3 Å². The number of hydrogen-bond acceptors (Lipinski definition) is 6. The minimum absolute atomic E-state index is 0.107. The Kier molecular flexibility index (Phi) is 10.7. The van der Waals surface area contributed by atoms with Crippen LogP contribution in [0.25, 0.3) is 0 Å². The van der Waals surface area contributed by atoms with Crippen molar-refractivity contribution in [2.75, 3.05) is 5.32 Å². The second-order valence-corrected chi connectivity index (χ2v) is 12.0. The van der Waals surface area contributed by atoms with Gasteiger partial charge in [-0.25, -0.2) is 14.0 Å². The van der Waals surface area contributed by atoms with Gasteiger partial charge in [0.05, 0.1) is 5.69 Å². The predicted molar refractivity (Wildman–Crippen MR) is 155 cm³/mol. The number of hydrogen-bond donors (Lipinski definition) is 4. The van der Waals surface area contributed by atoms with Gasteiger partial charge in [-0.1, -0.05) is 32.8 Å². The van der Waals surface area contributed by atoms with E-state index in [0.717, 1.165) is 31.7 Å². The lowest BCUT2D eigenvalue weighted by Crippen LogP contribution is -2.49. The third-order valence-electron chi connectivity index (χ3n) is 7.56. The molecular formula is C30H42FN5O6. The summed E-state index contributed by atoms with van der Waals surface area (Å²) in [7, 11) is 0. The Morgan fingerprint density at radius 1 is 1.12 bits per heavy atom.